The second-order valence-electron chi connectivity index (χ2n) is 7.12. The van der Waals surface area contributed by atoms with Crippen molar-refractivity contribution in [2.75, 3.05) is 16.9 Å². The number of halogens is 1. The van der Waals surface area contributed by atoms with Gasteiger partial charge < -0.3 is 10.2 Å². The number of aryl methyl sites for hydroxylation is 2. The Bertz CT molecular complexity index is 1120. The number of carbonyl (C=O) groups excluding carboxylic acids is 2. The van der Waals surface area contributed by atoms with E-state index in [1.807, 2.05) is 32.0 Å². The molecule has 2 aromatic carbocycles. The summed E-state index contributed by atoms with van der Waals surface area (Å²) < 4.78 is 14.0. The molecule has 1 fully saturated rings. The molecular formula is C22H20FN3O2S2. The number of hydrogen-bond donors (Lipinski definition) is 1. The van der Waals surface area contributed by atoms with Gasteiger partial charge in [-0.05, 0) is 37.6 Å². The highest BCUT2D eigenvalue weighted by Gasteiger charge is 2.36. The molecule has 1 atom stereocenters. The number of amides is 2. The van der Waals surface area contributed by atoms with Crippen LogP contribution in [0.15, 0.2) is 47.8 Å². The van der Waals surface area contributed by atoms with Crippen LogP contribution in [0, 0.1) is 19.7 Å². The Balaban J connectivity index is 1.51. The topological polar surface area (TPSA) is 62.3 Å². The molecule has 0 spiro atoms. The van der Waals surface area contributed by atoms with E-state index < -0.39 is 6.04 Å². The lowest BCUT2D eigenvalue weighted by Gasteiger charge is -2.22. The number of benzene rings is 2. The molecule has 0 aliphatic carbocycles. The van der Waals surface area contributed by atoms with Crippen molar-refractivity contribution >= 4 is 40.6 Å². The predicted octanol–water partition coefficient (Wildman–Crippen LogP) is 4.72. The van der Waals surface area contributed by atoms with Crippen LogP contribution in [0.5, 0.6) is 0 Å². The van der Waals surface area contributed by atoms with E-state index in [1.165, 1.54) is 34.1 Å². The van der Waals surface area contributed by atoms with Crippen molar-refractivity contribution in [3.8, 4) is 10.6 Å². The Morgan fingerprint density at radius 2 is 2.00 bits per heavy atom. The summed E-state index contributed by atoms with van der Waals surface area (Å²) in [5.74, 6) is 0.0150. The predicted molar refractivity (Wildman–Crippen MR) is 119 cm³/mol. The van der Waals surface area contributed by atoms with Gasteiger partial charge in [-0.2, -0.15) is 0 Å². The van der Waals surface area contributed by atoms with Crippen LogP contribution >= 0.6 is 23.1 Å². The number of thioether (sulfide) groups is 1. The summed E-state index contributed by atoms with van der Waals surface area (Å²) in [6, 6.07) is 11.6. The third-order valence-corrected chi connectivity index (χ3v) is 6.80. The maximum Gasteiger partial charge on any atom is 0.274 e. The number of nitrogens with zero attached hydrogens (tertiary/aromatic N) is 2. The van der Waals surface area contributed by atoms with Gasteiger partial charge in [0.15, 0.2) is 0 Å². The van der Waals surface area contributed by atoms with Crippen molar-refractivity contribution in [2.24, 2.45) is 0 Å². The van der Waals surface area contributed by atoms with Crippen molar-refractivity contribution in [2.45, 2.75) is 19.9 Å². The first-order valence-corrected chi connectivity index (χ1v) is 11.4. The molecule has 30 heavy (non-hydrogen) atoms. The van der Waals surface area contributed by atoms with Crippen LogP contribution < -0.4 is 5.32 Å². The fourth-order valence-electron chi connectivity index (χ4n) is 3.31. The van der Waals surface area contributed by atoms with E-state index in [4.69, 9.17) is 0 Å². The molecule has 154 valence electrons. The molecule has 0 bridgehead atoms. The molecule has 1 unspecified atom stereocenters. The lowest BCUT2D eigenvalue weighted by atomic mass is 10.1. The fraction of sp³-hybridized carbons (Fsp3) is 0.227. The first-order chi connectivity index (χ1) is 14.4. The molecule has 0 radical (unpaired) electrons. The summed E-state index contributed by atoms with van der Waals surface area (Å²) in [5.41, 5.74) is 3.42. The highest BCUT2D eigenvalue weighted by molar-refractivity contribution is 7.99. The van der Waals surface area contributed by atoms with Crippen LogP contribution in [0.1, 0.15) is 21.6 Å². The second-order valence-corrected chi connectivity index (χ2v) is 8.97. The van der Waals surface area contributed by atoms with Crippen LogP contribution in [0.4, 0.5) is 10.1 Å². The number of hydrogen-bond acceptors (Lipinski definition) is 5. The molecule has 5 nitrogen and oxygen atoms in total. The van der Waals surface area contributed by atoms with E-state index in [0.29, 0.717) is 22.2 Å². The summed E-state index contributed by atoms with van der Waals surface area (Å²) in [5, 5.41) is 5.00. The molecule has 0 saturated carbocycles. The average Bonchev–Trinajstić information content (AvgIpc) is 3.40. The second kappa shape index (κ2) is 8.57. The summed E-state index contributed by atoms with van der Waals surface area (Å²) in [6.45, 7) is 3.94. The monoisotopic (exact) mass is 441 g/mol. The van der Waals surface area contributed by atoms with Crippen molar-refractivity contribution in [3.05, 3.63) is 70.5 Å². The van der Waals surface area contributed by atoms with Gasteiger partial charge >= 0.3 is 0 Å². The molecule has 2 heterocycles. The minimum Gasteiger partial charge on any atom is -0.324 e. The van der Waals surface area contributed by atoms with E-state index in [-0.39, 0.29) is 23.3 Å². The molecule has 8 heteroatoms. The lowest BCUT2D eigenvalue weighted by molar-refractivity contribution is -0.119. The van der Waals surface area contributed by atoms with Crippen molar-refractivity contribution < 1.29 is 14.0 Å². The number of aromatic nitrogens is 1. The van der Waals surface area contributed by atoms with Gasteiger partial charge in [-0.1, -0.05) is 29.8 Å². The zero-order valence-electron chi connectivity index (χ0n) is 16.5. The Morgan fingerprint density at radius 3 is 2.77 bits per heavy atom. The first kappa shape index (κ1) is 20.6. The van der Waals surface area contributed by atoms with Gasteiger partial charge in [0, 0.05) is 22.4 Å². The first-order valence-electron chi connectivity index (χ1n) is 9.41. The van der Waals surface area contributed by atoms with Crippen molar-refractivity contribution in [3.63, 3.8) is 0 Å². The van der Waals surface area contributed by atoms with Gasteiger partial charge in [0.25, 0.3) is 5.91 Å². The smallest absolute Gasteiger partial charge is 0.274 e. The van der Waals surface area contributed by atoms with Crippen LogP contribution in [-0.2, 0) is 4.79 Å². The fourth-order valence-corrected chi connectivity index (χ4v) is 5.28. The summed E-state index contributed by atoms with van der Waals surface area (Å²) in [7, 11) is 0. The van der Waals surface area contributed by atoms with E-state index in [0.717, 1.165) is 16.8 Å². The minimum atomic E-state index is -0.582. The number of anilines is 1. The number of nitrogens with one attached hydrogen (secondary N) is 1. The number of thiazole rings is 1. The Kier molecular flexibility index (Phi) is 5.87. The van der Waals surface area contributed by atoms with Crippen LogP contribution in [0.3, 0.4) is 0 Å². The Labute approximate surface area is 182 Å². The molecule has 1 aromatic heterocycles. The SMILES string of the molecule is Cc1ccc(NC(=O)C2CSCN2C(=O)c2csc(-c3ccccc3F)n2)c(C)c1. The lowest BCUT2D eigenvalue weighted by Crippen LogP contribution is -2.44. The van der Waals surface area contributed by atoms with Gasteiger partial charge in [-0.25, -0.2) is 9.37 Å². The average molecular weight is 442 g/mol. The summed E-state index contributed by atoms with van der Waals surface area (Å²) >= 11 is 2.74. The maximum atomic E-state index is 14.0. The van der Waals surface area contributed by atoms with Crippen molar-refractivity contribution in [1.29, 1.82) is 0 Å². The molecular weight excluding hydrogens is 421 g/mol. The molecule has 4 rings (SSSR count). The summed E-state index contributed by atoms with van der Waals surface area (Å²) in [4.78, 5) is 31.8. The zero-order chi connectivity index (χ0) is 21.3. The Morgan fingerprint density at radius 1 is 1.20 bits per heavy atom. The number of rotatable bonds is 4. The molecule has 2 amide bonds. The molecule has 1 saturated heterocycles. The van der Waals surface area contributed by atoms with E-state index >= 15 is 0 Å². The molecule has 3 aromatic rings. The van der Waals surface area contributed by atoms with Crippen molar-refractivity contribution in [1.82, 2.24) is 9.88 Å². The van der Waals surface area contributed by atoms with Crippen LogP contribution in [0.25, 0.3) is 10.6 Å². The van der Waals surface area contributed by atoms with Crippen LogP contribution in [0.2, 0.25) is 0 Å². The third kappa shape index (κ3) is 4.11. The van der Waals surface area contributed by atoms with Gasteiger partial charge in [-0.3, -0.25) is 9.59 Å². The van der Waals surface area contributed by atoms with Gasteiger partial charge in [0.2, 0.25) is 5.91 Å². The van der Waals surface area contributed by atoms with E-state index in [2.05, 4.69) is 10.3 Å². The standard InChI is InChI=1S/C22H20FN3O2S2/c1-13-7-8-17(14(2)9-13)24-20(27)19-11-29-12-26(19)22(28)18-10-30-21(25-18)15-5-3-4-6-16(15)23/h3-10,19H,11-12H2,1-2H3,(H,24,27). The quantitative estimate of drug-likeness (QED) is 0.636. The number of carbonyl (C=O) groups is 2. The third-order valence-electron chi connectivity index (χ3n) is 4.91. The highest BCUT2D eigenvalue weighted by atomic mass is 32.2. The molecule has 1 aliphatic rings. The van der Waals surface area contributed by atoms with E-state index in [9.17, 15) is 14.0 Å². The van der Waals surface area contributed by atoms with Gasteiger partial charge in [0.05, 0.1) is 5.88 Å². The van der Waals surface area contributed by atoms with Gasteiger partial charge in [0.1, 0.15) is 22.6 Å². The summed E-state index contributed by atoms with van der Waals surface area (Å²) in [6.07, 6.45) is 0. The highest BCUT2D eigenvalue weighted by Crippen LogP contribution is 2.29. The Hall–Kier alpha value is -2.71. The van der Waals surface area contributed by atoms with Gasteiger partial charge in [-0.15, -0.1) is 23.1 Å². The zero-order valence-corrected chi connectivity index (χ0v) is 18.1. The maximum absolute atomic E-state index is 14.0. The largest absolute Gasteiger partial charge is 0.324 e. The molecule has 1 N–H and O–H groups in total. The normalized spacial score (nSPS) is 16.0. The van der Waals surface area contributed by atoms with Crippen LogP contribution in [-0.4, -0.2) is 39.4 Å². The molecule has 1 aliphatic heterocycles. The van der Waals surface area contributed by atoms with E-state index in [1.54, 1.807) is 23.6 Å². The minimum absolute atomic E-state index is 0.218.